The Kier molecular flexibility index (Phi) is 10.1. The molecule has 18 heavy (non-hydrogen) atoms. The van der Waals surface area contributed by atoms with Crippen LogP contribution >= 0.6 is 24.8 Å². The van der Waals surface area contributed by atoms with Crippen molar-refractivity contribution in [1.82, 2.24) is 10.2 Å². The van der Waals surface area contributed by atoms with Gasteiger partial charge in [0.1, 0.15) is 0 Å². The first kappa shape index (κ1) is 20.3. The minimum Gasteiger partial charge on any atom is -0.379 e. The zero-order chi connectivity index (χ0) is 12.2. The highest BCUT2D eigenvalue weighted by atomic mass is 35.5. The molecule has 1 aliphatic heterocycles. The van der Waals surface area contributed by atoms with Crippen molar-refractivity contribution in [2.45, 2.75) is 32.4 Å². The van der Waals surface area contributed by atoms with Crippen LogP contribution in [0, 0.1) is 0 Å². The van der Waals surface area contributed by atoms with Crippen LogP contribution in [-0.2, 0) is 9.53 Å². The predicted octanol–water partition coefficient (Wildman–Crippen LogP) is 0.404. The highest BCUT2D eigenvalue weighted by Gasteiger charge is 2.28. The van der Waals surface area contributed by atoms with E-state index in [9.17, 15) is 4.79 Å². The fourth-order valence-electron chi connectivity index (χ4n) is 1.74. The van der Waals surface area contributed by atoms with Crippen LogP contribution in [0.25, 0.3) is 0 Å². The van der Waals surface area contributed by atoms with Crippen LogP contribution in [0.2, 0.25) is 0 Å². The molecule has 7 heteroatoms. The standard InChI is InChI=1S/C11H23N3O2.2ClH/c1-9(12)10(15)13-8-11(2,3)14-4-6-16-7-5-14;;/h9H,4-8,12H2,1-3H3,(H,13,15);2*1H/t9-;;/m0../s1. The number of nitrogens with two attached hydrogens (primary N) is 1. The number of halogens is 2. The molecular formula is C11H25Cl2N3O2. The van der Waals surface area contributed by atoms with E-state index in [-0.39, 0.29) is 36.3 Å². The number of rotatable bonds is 4. The normalized spacial score (nSPS) is 18.2. The van der Waals surface area contributed by atoms with Crippen LogP contribution in [0.1, 0.15) is 20.8 Å². The van der Waals surface area contributed by atoms with Crippen molar-refractivity contribution in [2.24, 2.45) is 5.73 Å². The molecule has 0 aromatic heterocycles. The van der Waals surface area contributed by atoms with Gasteiger partial charge in [-0.2, -0.15) is 0 Å². The summed E-state index contributed by atoms with van der Waals surface area (Å²) in [6.07, 6.45) is 0. The van der Waals surface area contributed by atoms with Gasteiger partial charge in [-0.05, 0) is 20.8 Å². The summed E-state index contributed by atoms with van der Waals surface area (Å²) >= 11 is 0. The van der Waals surface area contributed by atoms with Crippen molar-refractivity contribution >= 4 is 30.7 Å². The highest BCUT2D eigenvalue weighted by molar-refractivity contribution is 5.85. The first-order valence-electron chi connectivity index (χ1n) is 5.79. The lowest BCUT2D eigenvalue weighted by molar-refractivity contribution is -0.122. The zero-order valence-corrected chi connectivity index (χ0v) is 12.9. The van der Waals surface area contributed by atoms with Gasteiger partial charge in [0.15, 0.2) is 0 Å². The largest absolute Gasteiger partial charge is 0.379 e. The molecule has 3 N–H and O–H groups in total. The van der Waals surface area contributed by atoms with Gasteiger partial charge >= 0.3 is 0 Å². The van der Waals surface area contributed by atoms with E-state index in [1.54, 1.807) is 6.92 Å². The summed E-state index contributed by atoms with van der Waals surface area (Å²) < 4.78 is 5.31. The smallest absolute Gasteiger partial charge is 0.236 e. The summed E-state index contributed by atoms with van der Waals surface area (Å²) in [5, 5.41) is 2.87. The first-order valence-corrected chi connectivity index (χ1v) is 5.79. The van der Waals surface area contributed by atoms with Crippen molar-refractivity contribution < 1.29 is 9.53 Å². The van der Waals surface area contributed by atoms with E-state index < -0.39 is 6.04 Å². The van der Waals surface area contributed by atoms with Gasteiger partial charge in [-0.1, -0.05) is 0 Å². The lowest BCUT2D eigenvalue weighted by atomic mass is 10.0. The molecule has 1 saturated heterocycles. The summed E-state index contributed by atoms with van der Waals surface area (Å²) in [7, 11) is 0. The van der Waals surface area contributed by atoms with Gasteiger partial charge in [-0.3, -0.25) is 9.69 Å². The summed E-state index contributed by atoms with van der Waals surface area (Å²) in [6, 6.07) is -0.444. The molecule has 0 spiro atoms. The Hall–Kier alpha value is -0.0700. The van der Waals surface area contributed by atoms with Gasteiger partial charge in [0.2, 0.25) is 5.91 Å². The van der Waals surface area contributed by atoms with E-state index in [4.69, 9.17) is 10.5 Å². The second kappa shape index (κ2) is 8.93. The molecule has 1 fully saturated rings. The lowest BCUT2D eigenvalue weighted by Gasteiger charge is -2.40. The molecule has 0 aromatic carbocycles. The maximum absolute atomic E-state index is 11.4. The fraction of sp³-hybridized carbons (Fsp3) is 0.909. The van der Waals surface area contributed by atoms with Crippen LogP contribution in [-0.4, -0.2) is 55.2 Å². The Bertz CT molecular complexity index is 244. The second-order valence-corrected chi connectivity index (χ2v) is 4.92. The molecule has 5 nitrogen and oxygen atoms in total. The number of ether oxygens (including phenoxy) is 1. The maximum Gasteiger partial charge on any atom is 0.236 e. The van der Waals surface area contributed by atoms with Crippen LogP contribution < -0.4 is 11.1 Å². The minimum atomic E-state index is -0.444. The quantitative estimate of drug-likeness (QED) is 0.789. The van der Waals surface area contributed by atoms with Crippen molar-refractivity contribution in [1.29, 1.82) is 0 Å². The molecule has 1 heterocycles. The topological polar surface area (TPSA) is 67.6 Å². The maximum atomic E-state index is 11.4. The summed E-state index contributed by atoms with van der Waals surface area (Å²) in [4.78, 5) is 13.7. The third kappa shape index (κ3) is 6.20. The molecule has 1 aliphatic rings. The number of hydrogen-bond donors (Lipinski definition) is 2. The molecule has 0 aliphatic carbocycles. The van der Waals surface area contributed by atoms with Crippen LogP contribution in [0.4, 0.5) is 0 Å². The highest BCUT2D eigenvalue weighted by Crippen LogP contribution is 2.14. The Labute approximate surface area is 122 Å². The van der Waals surface area contributed by atoms with E-state index in [0.717, 1.165) is 26.3 Å². The molecular weight excluding hydrogens is 277 g/mol. The predicted molar refractivity (Wildman–Crippen MR) is 77.6 cm³/mol. The zero-order valence-electron chi connectivity index (χ0n) is 11.3. The van der Waals surface area contributed by atoms with E-state index in [1.165, 1.54) is 0 Å². The Morgan fingerprint density at radius 1 is 1.39 bits per heavy atom. The van der Waals surface area contributed by atoms with Crippen molar-refractivity contribution in [3.8, 4) is 0 Å². The fourth-order valence-corrected chi connectivity index (χ4v) is 1.74. The third-order valence-corrected chi connectivity index (χ3v) is 2.98. The van der Waals surface area contributed by atoms with E-state index in [2.05, 4.69) is 24.1 Å². The van der Waals surface area contributed by atoms with E-state index in [1.807, 2.05) is 0 Å². The summed E-state index contributed by atoms with van der Waals surface area (Å²) in [5.74, 6) is -0.0960. The second-order valence-electron chi connectivity index (χ2n) is 4.92. The van der Waals surface area contributed by atoms with Gasteiger partial charge < -0.3 is 15.8 Å². The van der Waals surface area contributed by atoms with Crippen LogP contribution in [0.3, 0.4) is 0 Å². The van der Waals surface area contributed by atoms with Crippen molar-refractivity contribution in [3.63, 3.8) is 0 Å². The molecule has 1 rings (SSSR count). The molecule has 0 unspecified atom stereocenters. The first-order chi connectivity index (χ1) is 7.43. The number of morpholine rings is 1. The Balaban J connectivity index is 0. The molecule has 0 saturated carbocycles. The van der Waals surface area contributed by atoms with Crippen LogP contribution in [0.5, 0.6) is 0 Å². The Morgan fingerprint density at radius 3 is 2.33 bits per heavy atom. The van der Waals surface area contributed by atoms with Gasteiger partial charge in [-0.15, -0.1) is 24.8 Å². The monoisotopic (exact) mass is 301 g/mol. The number of carbonyl (C=O) groups is 1. The number of carbonyl (C=O) groups excluding carboxylic acids is 1. The molecule has 1 amide bonds. The number of amides is 1. The average molecular weight is 302 g/mol. The number of nitrogens with one attached hydrogen (secondary N) is 1. The molecule has 110 valence electrons. The molecule has 0 radical (unpaired) electrons. The average Bonchev–Trinajstić information content (AvgIpc) is 2.27. The number of nitrogens with zero attached hydrogens (tertiary/aromatic N) is 1. The lowest BCUT2D eigenvalue weighted by Crippen LogP contribution is -2.56. The van der Waals surface area contributed by atoms with Crippen molar-refractivity contribution in [2.75, 3.05) is 32.8 Å². The summed E-state index contributed by atoms with van der Waals surface area (Å²) in [6.45, 7) is 9.93. The van der Waals surface area contributed by atoms with Gasteiger partial charge in [0, 0.05) is 25.2 Å². The molecule has 0 bridgehead atoms. The Morgan fingerprint density at radius 2 is 1.89 bits per heavy atom. The van der Waals surface area contributed by atoms with Gasteiger partial charge in [0.25, 0.3) is 0 Å². The molecule has 1 atom stereocenters. The number of hydrogen-bond acceptors (Lipinski definition) is 4. The van der Waals surface area contributed by atoms with Gasteiger partial charge in [0.05, 0.1) is 19.3 Å². The van der Waals surface area contributed by atoms with Gasteiger partial charge in [-0.25, -0.2) is 0 Å². The summed E-state index contributed by atoms with van der Waals surface area (Å²) in [5.41, 5.74) is 5.45. The van der Waals surface area contributed by atoms with E-state index in [0.29, 0.717) is 6.54 Å². The van der Waals surface area contributed by atoms with Crippen LogP contribution in [0.15, 0.2) is 0 Å². The molecule has 0 aromatic rings. The van der Waals surface area contributed by atoms with E-state index >= 15 is 0 Å². The third-order valence-electron chi connectivity index (χ3n) is 2.98. The SMILES string of the molecule is C[C@H](N)C(=O)NCC(C)(C)N1CCOCC1.Cl.Cl. The minimum absolute atomic E-state index is 0. The van der Waals surface area contributed by atoms with Crippen molar-refractivity contribution in [3.05, 3.63) is 0 Å².